The molecular formula is C16H24BrFO. The lowest BCUT2D eigenvalue weighted by atomic mass is 10.0. The molecule has 0 aromatic heterocycles. The minimum atomic E-state index is -0.371. The van der Waals surface area contributed by atoms with Gasteiger partial charge < -0.3 is 5.11 Å². The maximum atomic E-state index is 13.1. The van der Waals surface area contributed by atoms with Gasteiger partial charge in [0.05, 0.1) is 6.10 Å². The first-order valence-corrected chi connectivity index (χ1v) is 8.04. The molecule has 0 radical (unpaired) electrons. The smallest absolute Gasteiger partial charge is 0.123 e. The largest absolute Gasteiger partial charge is 0.393 e. The Morgan fingerprint density at radius 1 is 1.16 bits per heavy atom. The van der Waals surface area contributed by atoms with Gasteiger partial charge in [0.1, 0.15) is 5.82 Å². The van der Waals surface area contributed by atoms with Crippen molar-refractivity contribution in [2.75, 3.05) is 0 Å². The highest BCUT2D eigenvalue weighted by atomic mass is 79.9. The topological polar surface area (TPSA) is 20.2 Å². The maximum absolute atomic E-state index is 13.1. The van der Waals surface area contributed by atoms with E-state index >= 15 is 0 Å². The van der Waals surface area contributed by atoms with Crippen LogP contribution in [0.1, 0.15) is 57.4 Å². The highest BCUT2D eigenvalue weighted by Gasteiger charge is 2.09. The van der Waals surface area contributed by atoms with Crippen LogP contribution in [0.5, 0.6) is 0 Å². The van der Waals surface area contributed by atoms with Crippen molar-refractivity contribution in [2.24, 2.45) is 0 Å². The lowest BCUT2D eigenvalue weighted by Crippen LogP contribution is -2.10. The normalized spacial score (nSPS) is 12.6. The van der Waals surface area contributed by atoms with Crippen molar-refractivity contribution >= 4 is 15.9 Å². The lowest BCUT2D eigenvalue weighted by molar-refractivity contribution is 0.160. The van der Waals surface area contributed by atoms with Gasteiger partial charge in [0.2, 0.25) is 0 Å². The molecule has 1 unspecified atom stereocenters. The fraction of sp³-hybridized carbons (Fsp3) is 0.625. The molecule has 0 saturated heterocycles. The molecule has 1 atom stereocenters. The standard InChI is InChI=1S/C16H24BrFO/c1-2-3-4-5-6-7-8-15(19)12-13-11-14(18)9-10-16(13)17/h9-11,15,19H,2-8,12H2,1H3. The van der Waals surface area contributed by atoms with Crippen molar-refractivity contribution in [3.63, 3.8) is 0 Å². The molecule has 0 saturated carbocycles. The molecule has 1 rings (SSSR count). The Bertz CT molecular complexity index is 368. The number of hydrogen-bond acceptors (Lipinski definition) is 1. The van der Waals surface area contributed by atoms with Gasteiger partial charge in [-0.3, -0.25) is 0 Å². The molecule has 19 heavy (non-hydrogen) atoms. The number of benzene rings is 1. The zero-order valence-electron chi connectivity index (χ0n) is 11.7. The lowest BCUT2D eigenvalue weighted by Gasteiger charge is -2.12. The number of rotatable bonds is 9. The summed E-state index contributed by atoms with van der Waals surface area (Å²) in [5.41, 5.74) is 0.846. The van der Waals surface area contributed by atoms with Crippen molar-refractivity contribution < 1.29 is 9.50 Å². The second-order valence-corrected chi connectivity index (χ2v) is 6.00. The quantitative estimate of drug-likeness (QED) is 0.613. The van der Waals surface area contributed by atoms with Crippen LogP contribution in [0.25, 0.3) is 0 Å². The third kappa shape index (κ3) is 7.07. The van der Waals surface area contributed by atoms with Crippen LogP contribution in [0.2, 0.25) is 0 Å². The highest BCUT2D eigenvalue weighted by molar-refractivity contribution is 9.10. The molecular weight excluding hydrogens is 307 g/mol. The van der Waals surface area contributed by atoms with E-state index in [0.29, 0.717) is 6.42 Å². The summed E-state index contributed by atoms with van der Waals surface area (Å²) in [5, 5.41) is 9.98. The Morgan fingerprint density at radius 2 is 1.84 bits per heavy atom. The molecule has 0 aliphatic heterocycles. The van der Waals surface area contributed by atoms with Gasteiger partial charge in [-0.15, -0.1) is 0 Å². The van der Waals surface area contributed by atoms with Crippen molar-refractivity contribution in [1.82, 2.24) is 0 Å². The van der Waals surface area contributed by atoms with Crippen molar-refractivity contribution in [3.05, 3.63) is 34.1 Å². The van der Waals surface area contributed by atoms with Gasteiger partial charge >= 0.3 is 0 Å². The van der Waals surface area contributed by atoms with Crippen molar-refractivity contribution in [1.29, 1.82) is 0 Å². The van der Waals surface area contributed by atoms with Crippen LogP contribution >= 0.6 is 15.9 Å². The average molecular weight is 331 g/mol. The van der Waals surface area contributed by atoms with E-state index in [4.69, 9.17) is 0 Å². The monoisotopic (exact) mass is 330 g/mol. The number of hydrogen-bond donors (Lipinski definition) is 1. The molecule has 1 N–H and O–H groups in total. The van der Waals surface area contributed by atoms with Gasteiger partial charge in [0, 0.05) is 4.47 Å². The summed E-state index contributed by atoms with van der Waals surface area (Å²) in [5.74, 6) is -0.245. The molecule has 0 spiro atoms. The Morgan fingerprint density at radius 3 is 2.58 bits per heavy atom. The van der Waals surface area contributed by atoms with Crippen LogP contribution < -0.4 is 0 Å². The van der Waals surface area contributed by atoms with Crippen LogP contribution in [0.4, 0.5) is 4.39 Å². The summed E-state index contributed by atoms with van der Waals surface area (Å²) in [6, 6.07) is 4.62. The number of aliphatic hydroxyl groups is 1. The SMILES string of the molecule is CCCCCCCCC(O)Cc1cc(F)ccc1Br. The molecule has 0 fully saturated rings. The molecule has 1 nitrogen and oxygen atoms in total. The number of halogens is 2. The second kappa shape index (κ2) is 9.49. The van der Waals surface area contributed by atoms with E-state index in [0.717, 1.165) is 22.9 Å². The van der Waals surface area contributed by atoms with Crippen LogP contribution in [0.3, 0.4) is 0 Å². The zero-order chi connectivity index (χ0) is 14.1. The molecule has 1 aromatic rings. The Balaban J connectivity index is 2.23. The minimum Gasteiger partial charge on any atom is -0.393 e. The number of unbranched alkanes of at least 4 members (excludes halogenated alkanes) is 5. The Kier molecular flexibility index (Phi) is 8.31. The van der Waals surface area contributed by atoms with Crippen molar-refractivity contribution in [2.45, 2.75) is 64.4 Å². The van der Waals surface area contributed by atoms with Crippen LogP contribution in [-0.2, 0) is 6.42 Å². The summed E-state index contributed by atoms with van der Waals surface area (Å²) in [4.78, 5) is 0. The third-order valence-electron chi connectivity index (χ3n) is 3.35. The third-order valence-corrected chi connectivity index (χ3v) is 4.13. The van der Waals surface area contributed by atoms with E-state index < -0.39 is 0 Å². The van der Waals surface area contributed by atoms with Crippen molar-refractivity contribution in [3.8, 4) is 0 Å². The van der Waals surface area contributed by atoms with Gasteiger partial charge in [-0.2, -0.15) is 0 Å². The molecule has 0 aliphatic rings. The molecule has 3 heteroatoms. The molecule has 108 valence electrons. The minimum absolute atomic E-state index is 0.245. The van der Waals surface area contributed by atoms with Gasteiger partial charge in [-0.25, -0.2) is 4.39 Å². The van der Waals surface area contributed by atoms with Crippen LogP contribution in [0, 0.1) is 5.82 Å². The fourth-order valence-electron chi connectivity index (χ4n) is 2.22. The average Bonchev–Trinajstić information content (AvgIpc) is 2.38. The molecule has 0 heterocycles. The predicted octanol–water partition coefficient (Wildman–Crippen LogP) is 5.24. The summed E-state index contributed by atoms with van der Waals surface area (Å²) >= 11 is 3.39. The first kappa shape index (κ1) is 16.6. The van der Waals surface area contributed by atoms with E-state index in [2.05, 4.69) is 22.9 Å². The molecule has 0 amide bonds. The first-order valence-electron chi connectivity index (χ1n) is 7.25. The number of aliphatic hydroxyl groups excluding tert-OH is 1. The van der Waals surface area contributed by atoms with E-state index in [1.807, 2.05) is 0 Å². The second-order valence-electron chi connectivity index (χ2n) is 5.15. The summed E-state index contributed by atoms with van der Waals surface area (Å²) in [7, 11) is 0. The molecule has 0 bridgehead atoms. The summed E-state index contributed by atoms with van der Waals surface area (Å²) in [6.45, 7) is 2.21. The Hall–Kier alpha value is -0.410. The van der Waals surface area contributed by atoms with Crippen LogP contribution in [0.15, 0.2) is 22.7 Å². The fourth-order valence-corrected chi connectivity index (χ4v) is 2.62. The van der Waals surface area contributed by atoms with Crippen LogP contribution in [-0.4, -0.2) is 11.2 Å². The maximum Gasteiger partial charge on any atom is 0.123 e. The zero-order valence-corrected chi connectivity index (χ0v) is 13.3. The predicted molar refractivity (Wildman–Crippen MR) is 81.8 cm³/mol. The van der Waals surface area contributed by atoms with E-state index in [9.17, 15) is 9.50 Å². The van der Waals surface area contributed by atoms with E-state index in [-0.39, 0.29) is 11.9 Å². The molecule has 0 aliphatic carbocycles. The van der Waals surface area contributed by atoms with Gasteiger partial charge in [0.15, 0.2) is 0 Å². The highest BCUT2D eigenvalue weighted by Crippen LogP contribution is 2.21. The van der Waals surface area contributed by atoms with E-state index in [1.54, 1.807) is 6.07 Å². The Labute approximate surface area is 124 Å². The first-order chi connectivity index (χ1) is 9.13. The summed E-state index contributed by atoms with van der Waals surface area (Å²) < 4.78 is 14.0. The summed E-state index contributed by atoms with van der Waals surface area (Å²) in [6.07, 6.45) is 8.30. The molecule has 1 aromatic carbocycles. The van der Waals surface area contributed by atoms with Gasteiger partial charge in [0.25, 0.3) is 0 Å². The van der Waals surface area contributed by atoms with Gasteiger partial charge in [-0.05, 0) is 36.6 Å². The van der Waals surface area contributed by atoms with E-state index in [1.165, 1.54) is 44.2 Å². The van der Waals surface area contributed by atoms with Gasteiger partial charge in [-0.1, -0.05) is 61.4 Å².